The summed E-state index contributed by atoms with van der Waals surface area (Å²) >= 11 is 0. The maximum atomic E-state index is 13.6. The van der Waals surface area contributed by atoms with Crippen molar-refractivity contribution in [2.75, 3.05) is 0 Å². The Bertz CT molecular complexity index is 145. The second kappa shape index (κ2) is 4.36. The van der Waals surface area contributed by atoms with Gasteiger partial charge in [0, 0.05) is 18.0 Å². The molecule has 0 saturated carbocycles. The summed E-state index contributed by atoms with van der Waals surface area (Å²) < 4.78 is 27.3. The Morgan fingerprint density at radius 2 is 1.15 bits per heavy atom. The maximum absolute atomic E-state index is 13.6. The van der Waals surface area contributed by atoms with Crippen molar-refractivity contribution in [2.24, 2.45) is 5.92 Å². The Morgan fingerprint density at radius 1 is 0.846 bits per heavy atom. The van der Waals surface area contributed by atoms with Crippen LogP contribution in [0.4, 0.5) is 8.78 Å². The van der Waals surface area contributed by atoms with Crippen molar-refractivity contribution in [3.05, 3.63) is 0 Å². The van der Waals surface area contributed by atoms with Crippen molar-refractivity contribution in [3.63, 3.8) is 0 Å². The van der Waals surface area contributed by atoms with E-state index in [9.17, 15) is 8.78 Å². The first-order chi connectivity index (χ1) is 5.71. The van der Waals surface area contributed by atoms with E-state index in [-0.39, 0.29) is 12.1 Å². The number of rotatable bonds is 4. The molecule has 80 valence electrons. The summed E-state index contributed by atoms with van der Waals surface area (Å²) in [5.41, 5.74) is 0. The van der Waals surface area contributed by atoms with E-state index >= 15 is 0 Å². The molecule has 1 nitrogen and oxygen atoms in total. The van der Waals surface area contributed by atoms with Crippen LogP contribution in [0, 0.1) is 5.92 Å². The van der Waals surface area contributed by atoms with Crippen LogP contribution in [-0.4, -0.2) is 23.0 Å². The monoisotopic (exact) mass is 193 g/mol. The second-order valence-electron chi connectivity index (χ2n) is 4.34. The molecule has 0 heterocycles. The topological polar surface area (TPSA) is 3.24 Å². The van der Waals surface area contributed by atoms with E-state index in [2.05, 4.69) is 0 Å². The van der Waals surface area contributed by atoms with E-state index < -0.39 is 12.0 Å². The molecule has 0 N–H and O–H groups in total. The van der Waals surface area contributed by atoms with Crippen molar-refractivity contribution in [3.8, 4) is 0 Å². The third kappa shape index (κ3) is 2.90. The highest BCUT2D eigenvalue weighted by Gasteiger charge is 2.42. The Labute approximate surface area is 80.1 Å². The van der Waals surface area contributed by atoms with Crippen LogP contribution < -0.4 is 0 Å². The number of halogens is 2. The average molecular weight is 193 g/mol. The van der Waals surface area contributed by atoms with Gasteiger partial charge in [-0.3, -0.25) is 0 Å². The minimum Gasteiger partial charge on any atom is -0.240 e. The molecule has 0 bridgehead atoms. The normalized spacial score (nSPS) is 13.8. The Morgan fingerprint density at radius 3 is 1.23 bits per heavy atom. The van der Waals surface area contributed by atoms with Crippen LogP contribution in [0.3, 0.4) is 0 Å². The molecule has 0 aliphatic carbocycles. The van der Waals surface area contributed by atoms with E-state index in [0.717, 1.165) is 0 Å². The lowest BCUT2D eigenvalue weighted by atomic mass is 10.1. The van der Waals surface area contributed by atoms with Gasteiger partial charge in [0.15, 0.2) is 0 Å². The lowest BCUT2D eigenvalue weighted by Gasteiger charge is -2.39. The maximum Gasteiger partial charge on any atom is 0.307 e. The lowest BCUT2D eigenvalue weighted by molar-refractivity contribution is -0.202. The van der Waals surface area contributed by atoms with Gasteiger partial charge in [-0.25, -0.2) is 4.90 Å². The molecule has 0 amide bonds. The zero-order chi connectivity index (χ0) is 10.8. The van der Waals surface area contributed by atoms with E-state index in [1.165, 1.54) is 4.90 Å². The zero-order valence-electron chi connectivity index (χ0n) is 9.44. The first-order valence-electron chi connectivity index (χ1n) is 4.87. The van der Waals surface area contributed by atoms with Gasteiger partial charge in [-0.2, -0.15) is 8.78 Å². The third-order valence-corrected chi connectivity index (χ3v) is 2.15. The van der Waals surface area contributed by atoms with Crippen LogP contribution in [0.15, 0.2) is 0 Å². The molecule has 0 fully saturated rings. The molecule has 0 aliphatic rings. The average Bonchev–Trinajstić information content (AvgIpc) is 1.82. The summed E-state index contributed by atoms with van der Waals surface area (Å²) in [5, 5.41) is 0. The first kappa shape index (κ1) is 12.8. The van der Waals surface area contributed by atoms with Gasteiger partial charge in [0.05, 0.1) is 0 Å². The van der Waals surface area contributed by atoms with Crippen molar-refractivity contribution in [1.29, 1.82) is 0 Å². The van der Waals surface area contributed by atoms with Gasteiger partial charge in [-0.1, -0.05) is 13.8 Å². The SMILES string of the molecule is CC(C)N(C(C)C)C(F)(F)C(C)C. The first-order valence-corrected chi connectivity index (χ1v) is 4.87. The van der Waals surface area contributed by atoms with Crippen LogP contribution >= 0.6 is 0 Å². The highest BCUT2D eigenvalue weighted by Crippen LogP contribution is 2.31. The van der Waals surface area contributed by atoms with E-state index in [4.69, 9.17) is 0 Å². The van der Waals surface area contributed by atoms with Crippen molar-refractivity contribution < 1.29 is 8.78 Å². The van der Waals surface area contributed by atoms with Gasteiger partial charge in [0.2, 0.25) is 0 Å². The molecule has 13 heavy (non-hydrogen) atoms. The largest absolute Gasteiger partial charge is 0.307 e. The summed E-state index contributed by atoms with van der Waals surface area (Å²) in [6.45, 7) is 10.3. The van der Waals surface area contributed by atoms with Gasteiger partial charge in [-0.05, 0) is 27.7 Å². The molecular formula is C10H21F2N. The molecule has 0 aromatic heterocycles. The number of hydrogen-bond donors (Lipinski definition) is 0. The smallest absolute Gasteiger partial charge is 0.240 e. The second-order valence-corrected chi connectivity index (χ2v) is 4.34. The number of nitrogens with zero attached hydrogens (tertiary/aromatic N) is 1. The molecule has 0 radical (unpaired) electrons. The van der Waals surface area contributed by atoms with Crippen LogP contribution in [0.5, 0.6) is 0 Å². The molecule has 0 aromatic carbocycles. The van der Waals surface area contributed by atoms with Crippen molar-refractivity contribution in [2.45, 2.75) is 59.7 Å². The highest BCUT2D eigenvalue weighted by atomic mass is 19.3. The quantitative estimate of drug-likeness (QED) is 0.619. The fourth-order valence-corrected chi connectivity index (χ4v) is 1.58. The van der Waals surface area contributed by atoms with Crippen molar-refractivity contribution >= 4 is 0 Å². The molecule has 0 spiro atoms. The van der Waals surface area contributed by atoms with Crippen LogP contribution in [0.2, 0.25) is 0 Å². The van der Waals surface area contributed by atoms with E-state index in [1.807, 2.05) is 0 Å². The van der Waals surface area contributed by atoms with Gasteiger partial charge in [-0.15, -0.1) is 0 Å². The molecule has 0 aliphatic heterocycles. The summed E-state index contributed by atoms with van der Waals surface area (Å²) in [7, 11) is 0. The number of hydrogen-bond acceptors (Lipinski definition) is 1. The van der Waals surface area contributed by atoms with Gasteiger partial charge in [0.1, 0.15) is 0 Å². The summed E-state index contributed by atoms with van der Waals surface area (Å²) in [5.74, 6) is -0.641. The van der Waals surface area contributed by atoms with Crippen LogP contribution in [0.1, 0.15) is 41.5 Å². The number of alkyl halides is 2. The fraction of sp³-hybridized carbons (Fsp3) is 1.00. The predicted octanol–water partition coefficient (Wildman–Crippen LogP) is 3.35. The lowest BCUT2D eigenvalue weighted by Crippen LogP contribution is -2.52. The summed E-state index contributed by atoms with van der Waals surface area (Å²) in [6, 6.07) is -2.96. The van der Waals surface area contributed by atoms with Gasteiger partial charge in [0.25, 0.3) is 0 Å². The standard InChI is InChI=1S/C10H21F2N/c1-7(2)10(11,12)13(8(3)4)9(5)6/h7-9H,1-6H3. The fourth-order valence-electron chi connectivity index (χ4n) is 1.58. The van der Waals surface area contributed by atoms with Gasteiger partial charge < -0.3 is 0 Å². The summed E-state index contributed by atoms with van der Waals surface area (Å²) in [6.07, 6.45) is 0. The molecule has 0 rings (SSSR count). The Hall–Kier alpha value is -0.180. The Balaban J connectivity index is 4.73. The highest BCUT2D eigenvalue weighted by molar-refractivity contribution is 4.78. The van der Waals surface area contributed by atoms with Gasteiger partial charge >= 0.3 is 6.05 Å². The third-order valence-electron chi connectivity index (χ3n) is 2.15. The minimum absolute atomic E-state index is 0.127. The summed E-state index contributed by atoms with van der Waals surface area (Å²) in [4.78, 5) is 1.26. The van der Waals surface area contributed by atoms with Crippen LogP contribution in [-0.2, 0) is 0 Å². The van der Waals surface area contributed by atoms with Crippen LogP contribution in [0.25, 0.3) is 0 Å². The molecule has 0 saturated heterocycles. The molecule has 3 heteroatoms. The van der Waals surface area contributed by atoms with Crippen molar-refractivity contribution in [1.82, 2.24) is 4.90 Å². The zero-order valence-corrected chi connectivity index (χ0v) is 9.44. The Kier molecular flexibility index (Phi) is 4.30. The molecule has 0 unspecified atom stereocenters. The van der Waals surface area contributed by atoms with E-state index in [1.54, 1.807) is 41.5 Å². The molecular weight excluding hydrogens is 172 g/mol. The molecule has 0 aromatic rings. The predicted molar refractivity (Wildman–Crippen MR) is 51.9 cm³/mol. The minimum atomic E-state index is -2.71. The van der Waals surface area contributed by atoms with E-state index in [0.29, 0.717) is 0 Å². The molecule has 0 atom stereocenters.